The summed E-state index contributed by atoms with van der Waals surface area (Å²) in [6.45, 7) is 3.96. The molecule has 0 aliphatic rings. The van der Waals surface area contributed by atoms with E-state index >= 15 is 0 Å². The molecule has 0 aliphatic heterocycles. The SMILES string of the molecule is Cc1ccc(S(=O)(=O)NNC(=O)c2ccc(COc3ccccc3)cc2)c(C)c1. The Labute approximate surface area is 170 Å². The third-order valence-electron chi connectivity index (χ3n) is 4.28. The Hall–Kier alpha value is -3.16. The summed E-state index contributed by atoms with van der Waals surface area (Å²) < 4.78 is 30.5. The second-order valence-electron chi connectivity index (χ2n) is 6.63. The first-order valence-corrected chi connectivity index (χ1v) is 10.5. The lowest BCUT2D eigenvalue weighted by atomic mass is 10.1. The zero-order valence-electron chi connectivity index (χ0n) is 16.2. The molecule has 29 heavy (non-hydrogen) atoms. The van der Waals surface area contributed by atoms with E-state index in [1.165, 1.54) is 6.07 Å². The number of sulfonamides is 1. The third-order valence-corrected chi connectivity index (χ3v) is 5.69. The van der Waals surface area contributed by atoms with Crippen LogP contribution in [-0.2, 0) is 16.6 Å². The lowest BCUT2D eigenvalue weighted by molar-refractivity contribution is 0.0945. The van der Waals surface area contributed by atoms with Crippen LogP contribution >= 0.6 is 0 Å². The van der Waals surface area contributed by atoms with Gasteiger partial charge in [0, 0.05) is 5.56 Å². The van der Waals surface area contributed by atoms with Crippen LogP contribution in [0.15, 0.2) is 77.7 Å². The molecule has 0 spiro atoms. The summed E-state index contributed by atoms with van der Waals surface area (Å²) in [5.74, 6) is 0.212. The van der Waals surface area contributed by atoms with Gasteiger partial charge in [-0.1, -0.05) is 48.0 Å². The number of benzene rings is 3. The number of para-hydroxylation sites is 1. The van der Waals surface area contributed by atoms with Crippen molar-refractivity contribution in [2.24, 2.45) is 0 Å². The van der Waals surface area contributed by atoms with Gasteiger partial charge in [-0.3, -0.25) is 10.2 Å². The zero-order chi connectivity index (χ0) is 20.9. The lowest BCUT2D eigenvalue weighted by Gasteiger charge is -2.11. The number of aryl methyl sites for hydroxylation is 2. The first-order chi connectivity index (χ1) is 13.8. The molecule has 7 heteroatoms. The van der Waals surface area contributed by atoms with Crippen molar-refractivity contribution in [2.75, 3.05) is 0 Å². The van der Waals surface area contributed by atoms with Gasteiger partial charge in [-0.2, -0.15) is 0 Å². The van der Waals surface area contributed by atoms with Crippen LogP contribution < -0.4 is 15.0 Å². The normalized spacial score (nSPS) is 11.1. The second-order valence-corrected chi connectivity index (χ2v) is 8.28. The molecule has 0 heterocycles. The maximum atomic E-state index is 12.4. The summed E-state index contributed by atoms with van der Waals surface area (Å²) in [6, 6.07) is 21.2. The van der Waals surface area contributed by atoms with Gasteiger partial charge in [-0.05, 0) is 55.3 Å². The molecule has 0 bridgehead atoms. The van der Waals surface area contributed by atoms with Gasteiger partial charge in [0.1, 0.15) is 12.4 Å². The number of carbonyl (C=O) groups excluding carboxylic acids is 1. The van der Waals surface area contributed by atoms with Gasteiger partial charge in [0.2, 0.25) is 0 Å². The summed E-state index contributed by atoms with van der Waals surface area (Å²) in [7, 11) is -3.86. The second kappa shape index (κ2) is 8.89. The van der Waals surface area contributed by atoms with Gasteiger partial charge >= 0.3 is 0 Å². The van der Waals surface area contributed by atoms with E-state index in [0.717, 1.165) is 16.9 Å². The Morgan fingerprint density at radius 1 is 0.931 bits per heavy atom. The highest BCUT2D eigenvalue weighted by molar-refractivity contribution is 7.89. The topological polar surface area (TPSA) is 84.5 Å². The average Bonchev–Trinajstić information content (AvgIpc) is 2.71. The Balaban J connectivity index is 1.59. The van der Waals surface area contributed by atoms with Crippen LogP contribution in [0.5, 0.6) is 5.75 Å². The number of hydrogen-bond donors (Lipinski definition) is 2. The molecular weight excluding hydrogens is 388 g/mol. The van der Waals surface area contributed by atoms with Gasteiger partial charge in [-0.25, -0.2) is 8.42 Å². The lowest BCUT2D eigenvalue weighted by Crippen LogP contribution is -2.41. The molecule has 0 unspecified atom stereocenters. The largest absolute Gasteiger partial charge is 0.489 e. The van der Waals surface area contributed by atoms with Crippen LogP contribution in [0.3, 0.4) is 0 Å². The van der Waals surface area contributed by atoms with E-state index in [4.69, 9.17) is 4.74 Å². The summed E-state index contributed by atoms with van der Waals surface area (Å²) in [6.07, 6.45) is 0. The average molecular weight is 410 g/mol. The van der Waals surface area contributed by atoms with Crippen LogP contribution in [0.25, 0.3) is 0 Å². The molecule has 3 aromatic rings. The minimum Gasteiger partial charge on any atom is -0.489 e. The maximum Gasteiger partial charge on any atom is 0.266 e. The molecule has 0 saturated heterocycles. The van der Waals surface area contributed by atoms with Crippen molar-refractivity contribution in [3.63, 3.8) is 0 Å². The van der Waals surface area contributed by atoms with Crippen molar-refractivity contribution >= 4 is 15.9 Å². The molecule has 1 amide bonds. The predicted octanol–water partition coefficient (Wildman–Crippen LogP) is 3.51. The number of nitrogens with one attached hydrogen (secondary N) is 2. The van der Waals surface area contributed by atoms with Crippen LogP contribution in [0.1, 0.15) is 27.0 Å². The van der Waals surface area contributed by atoms with Gasteiger partial charge in [0.25, 0.3) is 15.9 Å². The van der Waals surface area contributed by atoms with E-state index in [9.17, 15) is 13.2 Å². The van der Waals surface area contributed by atoms with E-state index in [-0.39, 0.29) is 4.90 Å². The van der Waals surface area contributed by atoms with Crippen LogP contribution in [0, 0.1) is 13.8 Å². The molecule has 150 valence electrons. The molecule has 0 aliphatic carbocycles. The van der Waals surface area contributed by atoms with E-state index in [1.54, 1.807) is 43.3 Å². The van der Waals surface area contributed by atoms with E-state index < -0.39 is 15.9 Å². The number of amides is 1. The number of carbonyl (C=O) groups is 1. The van der Waals surface area contributed by atoms with Gasteiger partial charge < -0.3 is 4.74 Å². The number of hydrazine groups is 1. The smallest absolute Gasteiger partial charge is 0.266 e. The standard InChI is InChI=1S/C22H22N2O4S/c1-16-8-13-21(17(2)14-16)29(26,27)24-23-22(25)19-11-9-18(10-12-19)15-28-20-6-4-3-5-7-20/h3-14,24H,15H2,1-2H3,(H,23,25). The van der Waals surface area contributed by atoms with Crippen LogP contribution in [0.2, 0.25) is 0 Å². The number of ether oxygens (including phenoxy) is 1. The molecule has 0 atom stereocenters. The van der Waals surface area contributed by atoms with E-state index in [2.05, 4.69) is 10.3 Å². The highest BCUT2D eigenvalue weighted by atomic mass is 32.2. The summed E-state index contributed by atoms with van der Waals surface area (Å²) in [5, 5.41) is 0. The zero-order valence-corrected chi connectivity index (χ0v) is 17.0. The highest BCUT2D eigenvalue weighted by Crippen LogP contribution is 2.16. The molecule has 0 saturated carbocycles. The molecule has 0 fully saturated rings. The molecule has 0 aromatic heterocycles. The molecule has 2 N–H and O–H groups in total. The van der Waals surface area contributed by atoms with Crippen molar-refractivity contribution in [1.29, 1.82) is 0 Å². The Kier molecular flexibility index (Phi) is 6.31. The van der Waals surface area contributed by atoms with E-state index in [0.29, 0.717) is 17.7 Å². The highest BCUT2D eigenvalue weighted by Gasteiger charge is 2.18. The number of rotatable bonds is 7. The van der Waals surface area contributed by atoms with Gasteiger partial charge in [-0.15, -0.1) is 4.83 Å². The van der Waals surface area contributed by atoms with Crippen molar-refractivity contribution in [1.82, 2.24) is 10.3 Å². The third kappa shape index (κ3) is 5.43. The van der Waals surface area contributed by atoms with Crippen LogP contribution in [-0.4, -0.2) is 14.3 Å². The van der Waals surface area contributed by atoms with Gasteiger partial charge in [0.15, 0.2) is 0 Å². The van der Waals surface area contributed by atoms with Crippen molar-refractivity contribution in [2.45, 2.75) is 25.3 Å². The fourth-order valence-corrected chi connectivity index (χ4v) is 3.84. The molecule has 6 nitrogen and oxygen atoms in total. The van der Waals surface area contributed by atoms with E-state index in [1.807, 2.05) is 37.3 Å². The molecule has 0 radical (unpaired) electrons. The van der Waals surface area contributed by atoms with Crippen LogP contribution in [0.4, 0.5) is 0 Å². The van der Waals surface area contributed by atoms with Crippen molar-refractivity contribution in [3.8, 4) is 5.75 Å². The summed E-state index contributed by atoms with van der Waals surface area (Å²) in [5.41, 5.74) is 5.04. The number of hydrogen-bond acceptors (Lipinski definition) is 4. The van der Waals surface area contributed by atoms with Crippen molar-refractivity contribution < 1.29 is 17.9 Å². The molecule has 3 aromatic carbocycles. The Morgan fingerprint density at radius 2 is 1.62 bits per heavy atom. The quantitative estimate of drug-likeness (QED) is 0.584. The van der Waals surface area contributed by atoms with Crippen molar-refractivity contribution in [3.05, 3.63) is 95.1 Å². The minimum absolute atomic E-state index is 0.122. The molecule has 3 rings (SSSR count). The summed E-state index contributed by atoms with van der Waals surface area (Å²) >= 11 is 0. The Bertz CT molecular complexity index is 1100. The monoisotopic (exact) mass is 410 g/mol. The fraction of sp³-hybridized carbons (Fsp3) is 0.136. The summed E-state index contributed by atoms with van der Waals surface area (Å²) in [4.78, 5) is 14.5. The molecular formula is C22H22N2O4S. The predicted molar refractivity (Wildman–Crippen MR) is 111 cm³/mol. The first-order valence-electron chi connectivity index (χ1n) is 9.01. The maximum absolute atomic E-state index is 12.4. The Morgan fingerprint density at radius 3 is 2.28 bits per heavy atom. The fourth-order valence-electron chi connectivity index (χ4n) is 2.78. The van der Waals surface area contributed by atoms with Gasteiger partial charge in [0.05, 0.1) is 4.90 Å². The minimum atomic E-state index is -3.86. The first kappa shape index (κ1) is 20.6.